The van der Waals surface area contributed by atoms with Crippen molar-refractivity contribution >= 4 is 12.2 Å². The second-order valence-electron chi connectivity index (χ2n) is 3.21. The third-order valence-electron chi connectivity index (χ3n) is 2.30. The Morgan fingerprint density at radius 1 is 1.46 bits per heavy atom. The van der Waals surface area contributed by atoms with E-state index in [-0.39, 0.29) is 0 Å². The average molecular weight is 196 g/mol. The fourth-order valence-corrected chi connectivity index (χ4v) is 1.73. The highest BCUT2D eigenvalue weighted by atomic mass is 32.1. The van der Waals surface area contributed by atoms with Gasteiger partial charge in [-0.15, -0.1) is 0 Å². The van der Waals surface area contributed by atoms with E-state index in [0.717, 1.165) is 36.5 Å². The molecule has 1 aliphatic rings. The topological polar surface area (TPSA) is 37.9 Å². The number of ether oxygens (including phenoxy) is 1. The van der Waals surface area contributed by atoms with Crippen LogP contribution in [0.3, 0.4) is 0 Å². The fraction of sp³-hybridized carbons (Fsp3) is 0.556. The molecule has 0 atom stereocenters. The van der Waals surface area contributed by atoms with Gasteiger partial charge < -0.3 is 9.72 Å². The Labute approximate surface area is 82.2 Å². The van der Waals surface area contributed by atoms with E-state index < -0.39 is 0 Å². The molecular formula is C9H12N2OS. The maximum Gasteiger partial charge on any atom is 0.110 e. The van der Waals surface area contributed by atoms with E-state index in [1.54, 1.807) is 12.3 Å². The van der Waals surface area contributed by atoms with Gasteiger partial charge in [0.2, 0.25) is 0 Å². The second kappa shape index (κ2) is 3.98. The van der Waals surface area contributed by atoms with E-state index in [4.69, 9.17) is 17.0 Å². The van der Waals surface area contributed by atoms with Crippen LogP contribution >= 0.6 is 12.2 Å². The summed E-state index contributed by atoms with van der Waals surface area (Å²) in [6, 6.07) is 1.80. The summed E-state index contributed by atoms with van der Waals surface area (Å²) in [5.41, 5.74) is 0. The average Bonchev–Trinajstić information content (AvgIpc) is 2.19. The van der Waals surface area contributed by atoms with Gasteiger partial charge in [0.25, 0.3) is 0 Å². The standard InChI is InChI=1S/C9H12N2OS/c13-8-1-4-10-9(11-8)7-2-5-12-6-3-7/h1,4,7H,2-3,5-6H2,(H,10,11,13). The first-order valence-electron chi connectivity index (χ1n) is 4.49. The molecular weight excluding hydrogens is 184 g/mol. The van der Waals surface area contributed by atoms with Gasteiger partial charge in [-0.3, -0.25) is 0 Å². The van der Waals surface area contributed by atoms with Gasteiger partial charge >= 0.3 is 0 Å². The number of nitrogens with zero attached hydrogens (tertiary/aromatic N) is 1. The Morgan fingerprint density at radius 3 is 2.92 bits per heavy atom. The number of hydrogen-bond donors (Lipinski definition) is 1. The minimum Gasteiger partial charge on any atom is -0.381 e. The molecule has 1 fully saturated rings. The van der Waals surface area contributed by atoms with Crippen molar-refractivity contribution in [1.29, 1.82) is 0 Å². The maximum atomic E-state index is 5.28. The smallest absolute Gasteiger partial charge is 0.110 e. The Morgan fingerprint density at radius 2 is 2.23 bits per heavy atom. The molecule has 1 saturated heterocycles. The number of aromatic nitrogens is 2. The van der Waals surface area contributed by atoms with Gasteiger partial charge in [-0.25, -0.2) is 4.98 Å². The highest BCUT2D eigenvalue weighted by molar-refractivity contribution is 7.71. The van der Waals surface area contributed by atoms with Crippen LogP contribution in [-0.2, 0) is 4.74 Å². The summed E-state index contributed by atoms with van der Waals surface area (Å²) in [7, 11) is 0. The molecule has 2 heterocycles. The zero-order valence-electron chi connectivity index (χ0n) is 7.32. The first kappa shape index (κ1) is 8.84. The van der Waals surface area contributed by atoms with Crippen molar-refractivity contribution in [2.75, 3.05) is 13.2 Å². The molecule has 0 bridgehead atoms. The Kier molecular flexibility index (Phi) is 2.71. The van der Waals surface area contributed by atoms with Crippen LogP contribution in [0.2, 0.25) is 0 Å². The molecule has 0 aliphatic carbocycles. The van der Waals surface area contributed by atoms with Gasteiger partial charge in [0.15, 0.2) is 0 Å². The van der Waals surface area contributed by atoms with E-state index in [2.05, 4.69) is 9.97 Å². The Balaban J connectivity index is 2.19. The molecule has 3 nitrogen and oxygen atoms in total. The lowest BCUT2D eigenvalue weighted by Crippen LogP contribution is -2.16. The van der Waals surface area contributed by atoms with Crippen LogP contribution in [-0.4, -0.2) is 23.2 Å². The summed E-state index contributed by atoms with van der Waals surface area (Å²) in [5.74, 6) is 1.51. The third-order valence-corrected chi connectivity index (χ3v) is 2.54. The van der Waals surface area contributed by atoms with Crippen LogP contribution < -0.4 is 0 Å². The monoisotopic (exact) mass is 196 g/mol. The van der Waals surface area contributed by atoms with Crippen LogP contribution in [0.4, 0.5) is 0 Å². The Bertz CT molecular complexity index is 330. The Hall–Kier alpha value is -0.740. The molecule has 0 unspecified atom stereocenters. The predicted molar refractivity (Wildman–Crippen MR) is 52.2 cm³/mol. The van der Waals surface area contributed by atoms with Crippen LogP contribution in [0, 0.1) is 4.64 Å². The van der Waals surface area contributed by atoms with E-state index in [1.165, 1.54) is 0 Å². The SMILES string of the molecule is S=c1ccnc(C2CCOCC2)[nH]1. The van der Waals surface area contributed by atoms with Crippen molar-refractivity contribution in [2.24, 2.45) is 0 Å². The van der Waals surface area contributed by atoms with Gasteiger partial charge in [0, 0.05) is 25.3 Å². The molecule has 1 N–H and O–H groups in total. The number of rotatable bonds is 1. The van der Waals surface area contributed by atoms with Crippen molar-refractivity contribution in [3.8, 4) is 0 Å². The summed E-state index contributed by atoms with van der Waals surface area (Å²) in [5, 5.41) is 0. The number of aromatic amines is 1. The van der Waals surface area contributed by atoms with E-state index in [0.29, 0.717) is 5.92 Å². The van der Waals surface area contributed by atoms with Crippen LogP contribution in [0.25, 0.3) is 0 Å². The summed E-state index contributed by atoms with van der Waals surface area (Å²) in [6.45, 7) is 1.67. The summed E-state index contributed by atoms with van der Waals surface area (Å²) >= 11 is 5.04. The number of nitrogens with one attached hydrogen (secondary N) is 1. The van der Waals surface area contributed by atoms with Crippen LogP contribution in [0.15, 0.2) is 12.3 Å². The number of H-pyrrole nitrogens is 1. The van der Waals surface area contributed by atoms with Crippen molar-refractivity contribution in [3.63, 3.8) is 0 Å². The molecule has 0 spiro atoms. The van der Waals surface area contributed by atoms with Crippen LogP contribution in [0.5, 0.6) is 0 Å². The molecule has 1 aromatic heterocycles. The third kappa shape index (κ3) is 2.14. The quantitative estimate of drug-likeness (QED) is 0.698. The van der Waals surface area contributed by atoms with Gasteiger partial charge in [-0.2, -0.15) is 0 Å². The highest BCUT2D eigenvalue weighted by Gasteiger charge is 2.16. The minimum absolute atomic E-state index is 0.497. The predicted octanol–water partition coefficient (Wildman–Crippen LogP) is 2.03. The van der Waals surface area contributed by atoms with Gasteiger partial charge in [0.05, 0.1) is 0 Å². The lowest BCUT2D eigenvalue weighted by molar-refractivity contribution is 0.0835. The van der Waals surface area contributed by atoms with Crippen molar-refractivity contribution in [3.05, 3.63) is 22.7 Å². The number of hydrogen-bond acceptors (Lipinski definition) is 3. The summed E-state index contributed by atoms with van der Waals surface area (Å²) in [4.78, 5) is 7.41. The molecule has 70 valence electrons. The molecule has 0 saturated carbocycles. The van der Waals surface area contributed by atoms with Gasteiger partial charge in [-0.1, -0.05) is 12.2 Å². The van der Waals surface area contributed by atoms with E-state index in [9.17, 15) is 0 Å². The van der Waals surface area contributed by atoms with Crippen molar-refractivity contribution in [1.82, 2.24) is 9.97 Å². The molecule has 0 aromatic carbocycles. The lowest BCUT2D eigenvalue weighted by atomic mass is 10.00. The van der Waals surface area contributed by atoms with E-state index in [1.807, 2.05) is 0 Å². The normalized spacial score (nSPS) is 18.8. The summed E-state index contributed by atoms with van der Waals surface area (Å²) in [6.07, 6.45) is 3.86. The molecule has 2 rings (SSSR count). The molecule has 1 aromatic rings. The van der Waals surface area contributed by atoms with Gasteiger partial charge in [0.1, 0.15) is 10.5 Å². The molecule has 0 amide bonds. The zero-order chi connectivity index (χ0) is 9.10. The molecule has 4 heteroatoms. The molecule has 0 radical (unpaired) electrons. The lowest BCUT2D eigenvalue weighted by Gasteiger charge is -2.20. The van der Waals surface area contributed by atoms with E-state index >= 15 is 0 Å². The zero-order valence-corrected chi connectivity index (χ0v) is 8.14. The minimum atomic E-state index is 0.497. The first-order valence-corrected chi connectivity index (χ1v) is 4.90. The maximum absolute atomic E-state index is 5.28. The fourth-order valence-electron chi connectivity index (χ4n) is 1.56. The van der Waals surface area contributed by atoms with Crippen molar-refractivity contribution < 1.29 is 4.74 Å². The van der Waals surface area contributed by atoms with Gasteiger partial charge in [-0.05, 0) is 18.9 Å². The molecule has 1 aliphatic heterocycles. The van der Waals surface area contributed by atoms with Crippen LogP contribution in [0.1, 0.15) is 24.6 Å². The summed E-state index contributed by atoms with van der Waals surface area (Å²) < 4.78 is 6.04. The highest BCUT2D eigenvalue weighted by Crippen LogP contribution is 2.23. The largest absolute Gasteiger partial charge is 0.381 e. The molecule has 13 heavy (non-hydrogen) atoms. The first-order chi connectivity index (χ1) is 6.36. The van der Waals surface area contributed by atoms with Crippen molar-refractivity contribution in [2.45, 2.75) is 18.8 Å². The second-order valence-corrected chi connectivity index (χ2v) is 3.65.